The van der Waals surface area contributed by atoms with E-state index in [0.29, 0.717) is 6.42 Å². The Bertz CT molecular complexity index is 289. The zero-order valence-corrected chi connectivity index (χ0v) is 10.6. The molecule has 2 aliphatic rings. The second-order valence-corrected chi connectivity index (χ2v) is 5.63. The van der Waals surface area contributed by atoms with Gasteiger partial charge in [-0.1, -0.05) is 38.5 Å². The van der Waals surface area contributed by atoms with Gasteiger partial charge in [-0.25, -0.2) is 0 Å². The van der Waals surface area contributed by atoms with Crippen LogP contribution in [0.1, 0.15) is 70.6 Å². The van der Waals surface area contributed by atoms with Crippen LogP contribution in [-0.4, -0.2) is 11.8 Å². The maximum atomic E-state index is 12.2. The standard InChI is InChI=1S/C14H23NO2/c16-12-8-7-11-14(13(17)15-12)9-5-3-1-2-4-6-10-14/h1-11H2,(H,15,16,17). The van der Waals surface area contributed by atoms with Crippen molar-refractivity contribution < 1.29 is 9.59 Å². The number of amides is 2. The van der Waals surface area contributed by atoms with E-state index in [2.05, 4.69) is 5.32 Å². The predicted octanol–water partition coefficient (Wildman–Crippen LogP) is 2.93. The van der Waals surface area contributed by atoms with E-state index in [0.717, 1.165) is 38.5 Å². The lowest BCUT2D eigenvalue weighted by Gasteiger charge is -2.30. The maximum absolute atomic E-state index is 12.2. The molecule has 1 saturated heterocycles. The van der Waals surface area contributed by atoms with E-state index < -0.39 is 0 Å². The molecule has 1 aliphatic heterocycles. The number of hydrogen-bond acceptors (Lipinski definition) is 2. The van der Waals surface area contributed by atoms with Crippen LogP contribution in [0.4, 0.5) is 0 Å². The summed E-state index contributed by atoms with van der Waals surface area (Å²) in [5.74, 6) is -0.0614. The van der Waals surface area contributed by atoms with E-state index in [1.807, 2.05) is 0 Å². The maximum Gasteiger partial charge on any atom is 0.232 e. The van der Waals surface area contributed by atoms with Gasteiger partial charge in [0.05, 0.1) is 0 Å². The van der Waals surface area contributed by atoms with Crippen LogP contribution in [0.3, 0.4) is 0 Å². The number of rotatable bonds is 0. The van der Waals surface area contributed by atoms with Crippen LogP contribution >= 0.6 is 0 Å². The Kier molecular flexibility index (Phi) is 4.19. The lowest BCUT2D eigenvalue weighted by molar-refractivity contribution is -0.136. The molecule has 0 bridgehead atoms. The lowest BCUT2D eigenvalue weighted by Crippen LogP contribution is -2.41. The third kappa shape index (κ3) is 3.08. The van der Waals surface area contributed by atoms with Gasteiger partial charge in [-0.2, -0.15) is 0 Å². The molecule has 96 valence electrons. The third-order valence-electron chi connectivity index (χ3n) is 4.35. The molecule has 1 aliphatic carbocycles. The van der Waals surface area contributed by atoms with Crippen LogP contribution in [-0.2, 0) is 9.59 Å². The first-order valence-electron chi connectivity index (χ1n) is 7.07. The summed E-state index contributed by atoms with van der Waals surface area (Å²) in [6.07, 6.45) is 11.6. The molecule has 2 amide bonds. The summed E-state index contributed by atoms with van der Waals surface area (Å²) in [6.45, 7) is 0. The number of nitrogens with one attached hydrogen (secondary N) is 1. The first-order valence-corrected chi connectivity index (χ1v) is 7.07. The van der Waals surface area contributed by atoms with Gasteiger partial charge in [-0.3, -0.25) is 14.9 Å². The average molecular weight is 237 g/mol. The minimum Gasteiger partial charge on any atom is -0.296 e. The van der Waals surface area contributed by atoms with Crippen LogP contribution in [0, 0.1) is 5.41 Å². The fraction of sp³-hybridized carbons (Fsp3) is 0.857. The fourth-order valence-electron chi connectivity index (χ4n) is 3.26. The second-order valence-electron chi connectivity index (χ2n) is 5.63. The predicted molar refractivity (Wildman–Crippen MR) is 66.4 cm³/mol. The number of carbonyl (C=O) groups is 2. The molecule has 1 spiro atoms. The van der Waals surface area contributed by atoms with E-state index in [-0.39, 0.29) is 17.2 Å². The molecule has 0 unspecified atom stereocenters. The molecule has 0 radical (unpaired) electrons. The van der Waals surface area contributed by atoms with E-state index in [1.165, 1.54) is 25.7 Å². The summed E-state index contributed by atoms with van der Waals surface area (Å²) in [6, 6.07) is 0. The summed E-state index contributed by atoms with van der Waals surface area (Å²) in [4.78, 5) is 23.7. The highest BCUT2D eigenvalue weighted by molar-refractivity contribution is 5.98. The van der Waals surface area contributed by atoms with Gasteiger partial charge in [-0.05, 0) is 25.7 Å². The van der Waals surface area contributed by atoms with Gasteiger partial charge in [0.1, 0.15) is 0 Å². The summed E-state index contributed by atoms with van der Waals surface area (Å²) < 4.78 is 0. The van der Waals surface area contributed by atoms with Crippen molar-refractivity contribution in [1.29, 1.82) is 0 Å². The zero-order valence-electron chi connectivity index (χ0n) is 10.6. The van der Waals surface area contributed by atoms with Crippen LogP contribution in [0.2, 0.25) is 0 Å². The van der Waals surface area contributed by atoms with Crippen LogP contribution in [0.5, 0.6) is 0 Å². The molecular weight excluding hydrogens is 214 g/mol. The zero-order chi connectivity index (χ0) is 12.1. The summed E-state index contributed by atoms with van der Waals surface area (Å²) >= 11 is 0. The van der Waals surface area contributed by atoms with Gasteiger partial charge < -0.3 is 0 Å². The van der Waals surface area contributed by atoms with E-state index in [9.17, 15) is 9.59 Å². The lowest BCUT2D eigenvalue weighted by atomic mass is 9.74. The highest BCUT2D eigenvalue weighted by Gasteiger charge is 2.39. The van der Waals surface area contributed by atoms with Gasteiger partial charge in [0.2, 0.25) is 11.8 Å². The van der Waals surface area contributed by atoms with Crippen molar-refractivity contribution in [2.24, 2.45) is 5.41 Å². The van der Waals surface area contributed by atoms with E-state index >= 15 is 0 Å². The molecule has 0 aromatic rings. The monoisotopic (exact) mass is 237 g/mol. The number of carbonyl (C=O) groups excluding carboxylic acids is 2. The van der Waals surface area contributed by atoms with Crippen molar-refractivity contribution in [3.63, 3.8) is 0 Å². The molecule has 0 aromatic heterocycles. The van der Waals surface area contributed by atoms with Gasteiger partial charge in [0.25, 0.3) is 0 Å². The minimum absolute atomic E-state index is 0.0156. The van der Waals surface area contributed by atoms with Gasteiger partial charge in [0.15, 0.2) is 0 Å². The third-order valence-corrected chi connectivity index (χ3v) is 4.35. The molecule has 2 rings (SSSR count). The van der Waals surface area contributed by atoms with Crippen molar-refractivity contribution in [1.82, 2.24) is 5.32 Å². The topological polar surface area (TPSA) is 46.2 Å². The van der Waals surface area contributed by atoms with Gasteiger partial charge in [-0.15, -0.1) is 0 Å². The Labute approximate surface area is 103 Å². The Balaban J connectivity index is 2.11. The van der Waals surface area contributed by atoms with Crippen LogP contribution in [0.15, 0.2) is 0 Å². The first kappa shape index (κ1) is 12.6. The van der Waals surface area contributed by atoms with E-state index in [1.54, 1.807) is 0 Å². The molecule has 17 heavy (non-hydrogen) atoms. The molecule has 0 atom stereocenters. The van der Waals surface area contributed by atoms with Gasteiger partial charge in [0, 0.05) is 11.8 Å². The van der Waals surface area contributed by atoms with Crippen LogP contribution < -0.4 is 5.32 Å². The Hall–Kier alpha value is -0.860. The average Bonchev–Trinajstić information content (AvgIpc) is 2.40. The summed E-state index contributed by atoms with van der Waals surface area (Å²) in [7, 11) is 0. The van der Waals surface area contributed by atoms with Crippen LogP contribution in [0.25, 0.3) is 0 Å². The highest BCUT2D eigenvalue weighted by Crippen LogP contribution is 2.39. The minimum atomic E-state index is -0.226. The van der Waals surface area contributed by atoms with Gasteiger partial charge >= 0.3 is 0 Å². The molecular formula is C14H23NO2. The summed E-state index contributed by atoms with van der Waals surface area (Å²) in [5, 5.41) is 2.59. The Morgan fingerprint density at radius 3 is 1.94 bits per heavy atom. The normalized spacial score (nSPS) is 26.6. The quantitative estimate of drug-likeness (QED) is 0.658. The van der Waals surface area contributed by atoms with Crippen molar-refractivity contribution in [3.8, 4) is 0 Å². The second kappa shape index (κ2) is 5.65. The largest absolute Gasteiger partial charge is 0.296 e. The molecule has 0 aromatic carbocycles. The molecule has 1 heterocycles. The number of imide groups is 1. The van der Waals surface area contributed by atoms with Crippen molar-refractivity contribution >= 4 is 11.8 Å². The number of hydrogen-bond donors (Lipinski definition) is 1. The van der Waals surface area contributed by atoms with Crippen molar-refractivity contribution in [2.45, 2.75) is 70.6 Å². The molecule has 3 heteroatoms. The summed E-state index contributed by atoms with van der Waals surface area (Å²) in [5.41, 5.74) is -0.226. The SMILES string of the molecule is O=C1CCCC2(CCCCCCCC2)C(=O)N1. The van der Waals surface area contributed by atoms with E-state index in [4.69, 9.17) is 0 Å². The van der Waals surface area contributed by atoms with Crippen molar-refractivity contribution in [2.75, 3.05) is 0 Å². The fourth-order valence-corrected chi connectivity index (χ4v) is 3.26. The molecule has 1 saturated carbocycles. The molecule has 3 nitrogen and oxygen atoms in total. The Morgan fingerprint density at radius 1 is 0.765 bits per heavy atom. The molecule has 1 N–H and O–H groups in total. The molecule has 2 fully saturated rings. The smallest absolute Gasteiger partial charge is 0.232 e. The van der Waals surface area contributed by atoms with Crippen molar-refractivity contribution in [3.05, 3.63) is 0 Å². The Morgan fingerprint density at radius 2 is 1.29 bits per heavy atom. The highest BCUT2D eigenvalue weighted by atomic mass is 16.2. The first-order chi connectivity index (χ1) is 8.23.